The van der Waals surface area contributed by atoms with Crippen molar-refractivity contribution in [2.24, 2.45) is 16.3 Å². The molecular weight excluding hydrogens is 344 g/mol. The van der Waals surface area contributed by atoms with Crippen LogP contribution >= 0.6 is 23.1 Å². The lowest BCUT2D eigenvalue weighted by molar-refractivity contribution is 0.218. The van der Waals surface area contributed by atoms with E-state index in [1.54, 1.807) is 23.1 Å². The molecule has 0 saturated heterocycles. The molecule has 0 saturated carbocycles. The maximum absolute atomic E-state index is 9.63. The van der Waals surface area contributed by atoms with Gasteiger partial charge < -0.3 is 0 Å². The molecular formula is C21H24N2S2. The summed E-state index contributed by atoms with van der Waals surface area (Å²) in [6.45, 7) is 6.95. The van der Waals surface area contributed by atoms with Gasteiger partial charge in [0.2, 0.25) is 0 Å². The number of aliphatic imine (C=N–C) groups is 1. The van der Waals surface area contributed by atoms with E-state index >= 15 is 0 Å². The molecule has 1 heterocycles. The van der Waals surface area contributed by atoms with Crippen LogP contribution in [-0.4, -0.2) is 12.5 Å². The highest BCUT2D eigenvalue weighted by Gasteiger charge is 2.32. The van der Waals surface area contributed by atoms with Crippen LogP contribution in [0.1, 0.15) is 48.8 Å². The Hall–Kier alpha value is -1.57. The summed E-state index contributed by atoms with van der Waals surface area (Å²) in [6, 6.07) is 10.8. The maximum Gasteiger partial charge on any atom is 0.134 e. The molecule has 130 valence electrons. The Morgan fingerprint density at radius 2 is 2.00 bits per heavy atom. The second-order valence-corrected chi connectivity index (χ2v) is 9.60. The van der Waals surface area contributed by atoms with Crippen molar-refractivity contribution in [1.82, 2.24) is 0 Å². The quantitative estimate of drug-likeness (QED) is 0.474. The molecule has 0 spiro atoms. The summed E-state index contributed by atoms with van der Waals surface area (Å²) >= 11 is 3.44. The minimum Gasteiger partial charge on any atom is -0.244 e. The van der Waals surface area contributed by atoms with Gasteiger partial charge in [-0.2, -0.15) is 5.26 Å². The monoisotopic (exact) mass is 368 g/mol. The van der Waals surface area contributed by atoms with Crippen LogP contribution in [0.5, 0.6) is 0 Å². The zero-order chi connectivity index (χ0) is 18.0. The van der Waals surface area contributed by atoms with Gasteiger partial charge in [0.15, 0.2) is 0 Å². The van der Waals surface area contributed by atoms with Gasteiger partial charge in [-0.05, 0) is 60.1 Å². The van der Waals surface area contributed by atoms with Crippen molar-refractivity contribution in [3.63, 3.8) is 0 Å². The summed E-state index contributed by atoms with van der Waals surface area (Å²) < 4.78 is 0. The van der Waals surface area contributed by atoms with Gasteiger partial charge in [0.05, 0.1) is 5.56 Å². The van der Waals surface area contributed by atoms with Crippen LogP contribution in [-0.2, 0) is 12.8 Å². The molecule has 0 amide bonds. The normalized spacial score (nSPS) is 17.5. The van der Waals surface area contributed by atoms with Gasteiger partial charge in [0, 0.05) is 16.0 Å². The molecule has 0 aliphatic heterocycles. The molecule has 0 bridgehead atoms. The van der Waals surface area contributed by atoms with E-state index in [2.05, 4.69) is 62.4 Å². The van der Waals surface area contributed by atoms with Crippen LogP contribution in [0.15, 0.2) is 34.2 Å². The number of rotatable bonds is 3. The fraction of sp³-hybridized carbons (Fsp3) is 0.429. The fourth-order valence-corrected chi connectivity index (χ4v) is 4.97. The van der Waals surface area contributed by atoms with Crippen molar-refractivity contribution in [2.45, 2.75) is 44.9 Å². The predicted octanol–water partition coefficient (Wildman–Crippen LogP) is 6.24. The Kier molecular flexibility index (Phi) is 5.36. The van der Waals surface area contributed by atoms with E-state index in [1.165, 1.54) is 21.8 Å². The van der Waals surface area contributed by atoms with Crippen molar-refractivity contribution in [3.05, 3.63) is 45.8 Å². The zero-order valence-electron chi connectivity index (χ0n) is 15.3. The molecule has 1 aliphatic carbocycles. The van der Waals surface area contributed by atoms with Gasteiger partial charge in [-0.15, -0.1) is 23.1 Å². The Bertz CT molecular complexity index is 817. The Balaban J connectivity index is 1.86. The summed E-state index contributed by atoms with van der Waals surface area (Å²) in [7, 11) is 0. The first-order chi connectivity index (χ1) is 11.9. The molecule has 25 heavy (non-hydrogen) atoms. The number of thiophene rings is 1. The number of nitrogens with zero attached hydrogens (tertiary/aromatic N) is 2. The summed E-state index contributed by atoms with van der Waals surface area (Å²) in [5.41, 5.74) is 3.43. The van der Waals surface area contributed by atoms with Crippen LogP contribution in [0.25, 0.3) is 0 Å². The third-order valence-corrected chi connectivity index (χ3v) is 6.94. The number of hydrogen-bond donors (Lipinski definition) is 0. The number of fused-ring (bicyclic) bond motifs is 1. The van der Waals surface area contributed by atoms with Crippen molar-refractivity contribution in [1.29, 1.82) is 5.26 Å². The summed E-state index contributed by atoms with van der Waals surface area (Å²) in [5.74, 6) is 0.682. The zero-order valence-corrected chi connectivity index (χ0v) is 16.9. The maximum atomic E-state index is 9.63. The molecule has 2 aromatic rings. The SMILES string of the molecule is CSc1ccc(C=Nc2sc3c(c2C#N)CC[C@@H](C(C)(C)C)C3)cc1. The van der Waals surface area contributed by atoms with E-state index in [9.17, 15) is 5.26 Å². The highest BCUT2D eigenvalue weighted by Crippen LogP contribution is 2.44. The highest BCUT2D eigenvalue weighted by molar-refractivity contribution is 7.98. The summed E-state index contributed by atoms with van der Waals surface area (Å²) in [6.07, 6.45) is 7.21. The van der Waals surface area contributed by atoms with E-state index in [4.69, 9.17) is 0 Å². The summed E-state index contributed by atoms with van der Waals surface area (Å²) in [4.78, 5) is 7.27. The highest BCUT2D eigenvalue weighted by atomic mass is 32.2. The standard InChI is InChI=1S/C21H24N2S2/c1-21(2,3)15-7-10-17-18(12-22)20(25-19(17)11-15)23-13-14-5-8-16(24-4)9-6-14/h5-6,8-9,13,15H,7,10-11H2,1-4H3/t15-/m1/s1. The van der Waals surface area contributed by atoms with Crippen LogP contribution in [0.3, 0.4) is 0 Å². The molecule has 1 aromatic carbocycles. The molecule has 0 radical (unpaired) electrons. The molecule has 4 heteroatoms. The van der Waals surface area contributed by atoms with Crippen LogP contribution in [0, 0.1) is 22.7 Å². The van der Waals surface area contributed by atoms with Crippen LogP contribution in [0.4, 0.5) is 5.00 Å². The molecule has 0 fully saturated rings. The first kappa shape index (κ1) is 18.2. The average Bonchev–Trinajstić information content (AvgIpc) is 2.96. The van der Waals surface area contributed by atoms with E-state index in [1.807, 2.05) is 6.21 Å². The molecule has 0 unspecified atom stereocenters. The smallest absolute Gasteiger partial charge is 0.134 e. The Morgan fingerprint density at radius 1 is 1.28 bits per heavy atom. The van der Waals surface area contributed by atoms with E-state index < -0.39 is 0 Å². The molecule has 1 aromatic heterocycles. The average molecular weight is 369 g/mol. The van der Waals surface area contributed by atoms with Crippen LogP contribution < -0.4 is 0 Å². The second kappa shape index (κ2) is 7.35. The van der Waals surface area contributed by atoms with Crippen molar-refractivity contribution in [2.75, 3.05) is 6.26 Å². The lowest BCUT2D eigenvalue weighted by Crippen LogP contribution is -2.26. The molecule has 1 aliphatic rings. The molecule has 2 nitrogen and oxygen atoms in total. The first-order valence-corrected chi connectivity index (χ1v) is 10.7. The lowest BCUT2D eigenvalue weighted by Gasteiger charge is -2.33. The van der Waals surface area contributed by atoms with Crippen molar-refractivity contribution >= 4 is 34.3 Å². The van der Waals surface area contributed by atoms with Gasteiger partial charge in [0.1, 0.15) is 11.1 Å². The number of thioether (sulfide) groups is 1. The predicted molar refractivity (Wildman–Crippen MR) is 109 cm³/mol. The third-order valence-electron chi connectivity index (χ3n) is 5.03. The topological polar surface area (TPSA) is 36.1 Å². The molecule has 1 atom stereocenters. The van der Waals surface area contributed by atoms with Crippen LogP contribution in [0.2, 0.25) is 0 Å². The molecule has 3 rings (SSSR count). The van der Waals surface area contributed by atoms with Gasteiger partial charge in [-0.1, -0.05) is 32.9 Å². The first-order valence-electron chi connectivity index (χ1n) is 8.65. The Labute approximate surface area is 159 Å². The van der Waals surface area contributed by atoms with E-state index in [-0.39, 0.29) is 0 Å². The number of hydrogen-bond acceptors (Lipinski definition) is 4. The van der Waals surface area contributed by atoms with E-state index in [0.29, 0.717) is 11.3 Å². The van der Waals surface area contributed by atoms with Gasteiger partial charge in [-0.3, -0.25) is 0 Å². The number of nitriles is 1. The van der Waals surface area contributed by atoms with Crippen molar-refractivity contribution < 1.29 is 0 Å². The van der Waals surface area contributed by atoms with Gasteiger partial charge >= 0.3 is 0 Å². The lowest BCUT2D eigenvalue weighted by atomic mass is 9.72. The van der Waals surface area contributed by atoms with Gasteiger partial charge in [0.25, 0.3) is 0 Å². The Morgan fingerprint density at radius 3 is 2.60 bits per heavy atom. The van der Waals surface area contributed by atoms with Crippen molar-refractivity contribution in [3.8, 4) is 6.07 Å². The minimum absolute atomic E-state index is 0.316. The minimum atomic E-state index is 0.316. The van der Waals surface area contributed by atoms with E-state index in [0.717, 1.165) is 29.0 Å². The summed E-state index contributed by atoms with van der Waals surface area (Å²) in [5, 5.41) is 10.5. The fourth-order valence-electron chi connectivity index (χ4n) is 3.34. The van der Waals surface area contributed by atoms with Gasteiger partial charge in [-0.25, -0.2) is 4.99 Å². The molecule has 0 N–H and O–H groups in total. The second-order valence-electron chi connectivity index (χ2n) is 7.63. The largest absolute Gasteiger partial charge is 0.244 e. The third kappa shape index (κ3) is 3.99. The number of benzene rings is 1.